The summed E-state index contributed by atoms with van der Waals surface area (Å²) in [7, 11) is 0. The lowest BCUT2D eigenvalue weighted by atomic mass is 9.84. The standard InChI is InChI=1S/C38H38O4S2/c1-6-7-8-11-24(2)37(41)42-26-18-22-28(23-19-26)44-32-15-10-13-30-34(32)36(40)29-12-9-14-31(33(29)35(30)39)43-27-20-16-25(17-21-27)38(3,4)5/h9-10,12-24H,6-8,11H2,1-5H3. The van der Waals surface area contributed by atoms with Crippen LogP contribution in [0.1, 0.15) is 97.7 Å². The Morgan fingerprint density at radius 3 is 1.70 bits per heavy atom. The summed E-state index contributed by atoms with van der Waals surface area (Å²) in [6.45, 7) is 10.6. The molecule has 0 heterocycles. The molecule has 0 fully saturated rings. The van der Waals surface area contributed by atoms with Crippen molar-refractivity contribution in [2.45, 2.75) is 85.3 Å². The Bertz CT molecular complexity index is 1680. The van der Waals surface area contributed by atoms with Crippen molar-refractivity contribution in [2.24, 2.45) is 5.92 Å². The van der Waals surface area contributed by atoms with E-state index in [0.717, 1.165) is 45.3 Å². The van der Waals surface area contributed by atoms with Gasteiger partial charge in [0.05, 0.1) is 5.92 Å². The number of ether oxygens (including phenoxy) is 1. The lowest BCUT2D eigenvalue weighted by Crippen LogP contribution is -2.22. The Morgan fingerprint density at radius 2 is 1.23 bits per heavy atom. The molecule has 4 aromatic rings. The first-order chi connectivity index (χ1) is 21.1. The Labute approximate surface area is 269 Å². The second-order valence-electron chi connectivity index (χ2n) is 12.3. The molecule has 4 aromatic carbocycles. The van der Waals surface area contributed by atoms with Crippen molar-refractivity contribution >= 4 is 41.1 Å². The second-order valence-corrected chi connectivity index (χ2v) is 14.5. The van der Waals surface area contributed by atoms with E-state index >= 15 is 0 Å². The van der Waals surface area contributed by atoms with Crippen molar-refractivity contribution in [3.63, 3.8) is 0 Å². The summed E-state index contributed by atoms with van der Waals surface area (Å²) in [5.74, 6) is -0.158. The fourth-order valence-corrected chi connectivity index (χ4v) is 7.19. The molecule has 0 spiro atoms. The van der Waals surface area contributed by atoms with E-state index < -0.39 is 0 Å². The number of fused-ring (bicyclic) bond motifs is 2. The number of unbranched alkanes of at least 4 members (excludes halogenated alkanes) is 2. The highest BCUT2D eigenvalue weighted by atomic mass is 32.2. The molecule has 0 radical (unpaired) electrons. The minimum Gasteiger partial charge on any atom is -0.426 e. The minimum absolute atomic E-state index is 0.0536. The molecule has 0 aliphatic heterocycles. The van der Waals surface area contributed by atoms with E-state index in [2.05, 4.69) is 52.0 Å². The number of ketones is 2. The molecule has 0 N–H and O–H groups in total. The summed E-state index contributed by atoms with van der Waals surface area (Å²) in [6.07, 6.45) is 4.06. The van der Waals surface area contributed by atoms with Gasteiger partial charge in [0.15, 0.2) is 11.6 Å². The molecule has 5 rings (SSSR count). The molecule has 1 aliphatic carbocycles. The van der Waals surface area contributed by atoms with E-state index in [1.807, 2.05) is 43.3 Å². The molecule has 0 amide bonds. The third-order valence-electron chi connectivity index (χ3n) is 7.86. The van der Waals surface area contributed by atoms with Crippen LogP contribution in [0.4, 0.5) is 0 Å². The third-order valence-corrected chi connectivity index (χ3v) is 9.99. The second kappa shape index (κ2) is 13.6. The summed E-state index contributed by atoms with van der Waals surface area (Å²) < 4.78 is 5.60. The molecule has 0 saturated carbocycles. The van der Waals surface area contributed by atoms with Gasteiger partial charge < -0.3 is 4.74 Å². The maximum Gasteiger partial charge on any atom is 0.314 e. The molecule has 0 bridgehead atoms. The van der Waals surface area contributed by atoms with Crippen LogP contribution in [0.2, 0.25) is 0 Å². The molecule has 226 valence electrons. The number of rotatable bonds is 10. The van der Waals surface area contributed by atoms with E-state index in [-0.39, 0.29) is 28.9 Å². The molecule has 44 heavy (non-hydrogen) atoms. The van der Waals surface area contributed by atoms with Gasteiger partial charge in [0, 0.05) is 41.8 Å². The van der Waals surface area contributed by atoms with Crippen LogP contribution >= 0.6 is 23.5 Å². The molecule has 6 heteroatoms. The van der Waals surface area contributed by atoms with Gasteiger partial charge in [0.2, 0.25) is 0 Å². The SMILES string of the molecule is CCCCCC(C)C(=O)Oc1ccc(Sc2cccc3c2C(=O)c2cccc(Sc4ccc(C(C)(C)C)cc4)c2C3=O)cc1. The fourth-order valence-electron chi connectivity index (χ4n) is 5.24. The summed E-state index contributed by atoms with van der Waals surface area (Å²) in [4.78, 5) is 43.7. The van der Waals surface area contributed by atoms with Crippen molar-refractivity contribution < 1.29 is 19.1 Å². The van der Waals surface area contributed by atoms with Crippen LogP contribution in [0, 0.1) is 5.92 Å². The van der Waals surface area contributed by atoms with Crippen LogP contribution in [-0.2, 0) is 10.2 Å². The van der Waals surface area contributed by atoms with Gasteiger partial charge in [-0.3, -0.25) is 14.4 Å². The quantitative estimate of drug-likeness (QED) is 0.0877. The molecule has 4 nitrogen and oxygen atoms in total. The van der Waals surface area contributed by atoms with Gasteiger partial charge in [0.1, 0.15) is 5.75 Å². The number of carbonyl (C=O) groups is 3. The summed E-state index contributed by atoms with van der Waals surface area (Å²) in [5.41, 5.74) is 3.05. The van der Waals surface area contributed by atoms with Crippen LogP contribution in [0.25, 0.3) is 0 Å². The summed E-state index contributed by atoms with van der Waals surface area (Å²) >= 11 is 2.93. The average molecular weight is 623 g/mol. The highest BCUT2D eigenvalue weighted by Gasteiger charge is 2.34. The van der Waals surface area contributed by atoms with Gasteiger partial charge in [-0.05, 0) is 65.9 Å². The number of benzene rings is 4. The first kappa shape index (κ1) is 31.8. The van der Waals surface area contributed by atoms with Gasteiger partial charge in [-0.25, -0.2) is 0 Å². The van der Waals surface area contributed by atoms with Gasteiger partial charge in [0.25, 0.3) is 0 Å². The van der Waals surface area contributed by atoms with Gasteiger partial charge in [-0.15, -0.1) is 0 Å². The maximum absolute atomic E-state index is 13.9. The van der Waals surface area contributed by atoms with Gasteiger partial charge in [-0.2, -0.15) is 0 Å². The van der Waals surface area contributed by atoms with Crippen LogP contribution in [-0.4, -0.2) is 17.5 Å². The van der Waals surface area contributed by atoms with Crippen LogP contribution in [0.5, 0.6) is 5.75 Å². The largest absolute Gasteiger partial charge is 0.426 e. The topological polar surface area (TPSA) is 60.4 Å². The number of hydrogen-bond donors (Lipinski definition) is 0. The molecule has 1 aliphatic rings. The van der Waals surface area contributed by atoms with Crippen LogP contribution < -0.4 is 4.74 Å². The average Bonchev–Trinajstić information content (AvgIpc) is 3.00. The number of esters is 1. The highest BCUT2D eigenvalue weighted by Crippen LogP contribution is 2.41. The lowest BCUT2D eigenvalue weighted by Gasteiger charge is -2.22. The van der Waals surface area contributed by atoms with E-state index in [4.69, 9.17) is 4.74 Å². The molecule has 1 unspecified atom stereocenters. The molecule has 1 atom stereocenters. The van der Waals surface area contributed by atoms with Crippen molar-refractivity contribution in [2.75, 3.05) is 0 Å². The number of hydrogen-bond acceptors (Lipinski definition) is 6. The maximum atomic E-state index is 13.9. The minimum atomic E-state index is -0.221. The monoisotopic (exact) mass is 622 g/mol. The molecule has 0 aromatic heterocycles. The Morgan fingerprint density at radius 1 is 0.727 bits per heavy atom. The Kier molecular flexibility index (Phi) is 9.81. The molecular weight excluding hydrogens is 585 g/mol. The normalized spacial score (nSPS) is 13.3. The van der Waals surface area contributed by atoms with Crippen molar-refractivity contribution in [1.29, 1.82) is 0 Å². The van der Waals surface area contributed by atoms with Gasteiger partial charge >= 0.3 is 5.97 Å². The molecular formula is C38H38O4S2. The lowest BCUT2D eigenvalue weighted by molar-refractivity contribution is -0.138. The summed E-state index contributed by atoms with van der Waals surface area (Å²) in [5, 5.41) is 0. The zero-order valence-electron chi connectivity index (χ0n) is 25.9. The zero-order chi connectivity index (χ0) is 31.4. The predicted molar refractivity (Wildman–Crippen MR) is 179 cm³/mol. The molecule has 0 saturated heterocycles. The Hall–Kier alpha value is -3.61. The van der Waals surface area contributed by atoms with E-state index in [1.165, 1.54) is 29.1 Å². The van der Waals surface area contributed by atoms with Crippen molar-refractivity contribution in [1.82, 2.24) is 0 Å². The van der Waals surface area contributed by atoms with E-state index in [9.17, 15) is 14.4 Å². The van der Waals surface area contributed by atoms with Crippen LogP contribution in [0.15, 0.2) is 105 Å². The van der Waals surface area contributed by atoms with Crippen molar-refractivity contribution in [3.8, 4) is 5.75 Å². The van der Waals surface area contributed by atoms with E-state index in [0.29, 0.717) is 28.0 Å². The number of carbonyl (C=O) groups excluding carboxylic acids is 3. The smallest absolute Gasteiger partial charge is 0.314 e. The fraction of sp³-hybridized carbons (Fsp3) is 0.289. The summed E-state index contributed by atoms with van der Waals surface area (Å²) in [6, 6.07) is 26.6. The first-order valence-electron chi connectivity index (χ1n) is 15.2. The first-order valence-corrected chi connectivity index (χ1v) is 16.8. The third kappa shape index (κ3) is 7.03. The van der Waals surface area contributed by atoms with Gasteiger partial charge in [-0.1, -0.05) is 114 Å². The highest BCUT2D eigenvalue weighted by molar-refractivity contribution is 7.99. The van der Waals surface area contributed by atoms with Crippen LogP contribution in [0.3, 0.4) is 0 Å². The predicted octanol–water partition coefficient (Wildman–Crippen LogP) is 10.2. The Balaban J connectivity index is 1.34. The zero-order valence-corrected chi connectivity index (χ0v) is 27.6. The van der Waals surface area contributed by atoms with E-state index in [1.54, 1.807) is 24.3 Å². The van der Waals surface area contributed by atoms with Crippen molar-refractivity contribution in [3.05, 3.63) is 113 Å².